The van der Waals surface area contributed by atoms with Crippen molar-refractivity contribution in [3.8, 4) is 0 Å². The molecule has 68 valence electrons. The fraction of sp³-hybridized carbons (Fsp3) is 0.400. The Morgan fingerprint density at radius 2 is 1.92 bits per heavy atom. The number of aromatic nitrogens is 3. The van der Waals surface area contributed by atoms with Gasteiger partial charge in [0.05, 0.1) is 18.8 Å². The van der Waals surface area contributed by atoms with E-state index in [0.29, 0.717) is 0 Å². The summed E-state index contributed by atoms with van der Waals surface area (Å²) in [5, 5.41) is 4.41. The van der Waals surface area contributed by atoms with Gasteiger partial charge < -0.3 is 0 Å². The predicted octanol–water partition coefficient (Wildman–Crippen LogP) is 1.08. The van der Waals surface area contributed by atoms with E-state index >= 15 is 0 Å². The highest BCUT2D eigenvalue weighted by molar-refractivity contribution is 5.34. The minimum atomic E-state index is 1.06. The summed E-state index contributed by atoms with van der Waals surface area (Å²) in [5.41, 5.74) is 4.64. The Balaban J connectivity index is 2.95. The molecule has 2 aromatic rings. The average molecular weight is 176 g/mol. The van der Waals surface area contributed by atoms with Gasteiger partial charge in [-0.25, -0.2) is 4.57 Å². The smallest absolute Gasteiger partial charge is 0.232 e. The van der Waals surface area contributed by atoms with E-state index in [0.717, 1.165) is 11.3 Å². The summed E-state index contributed by atoms with van der Waals surface area (Å²) in [6.07, 6.45) is 0. The molecule has 0 saturated carbocycles. The lowest BCUT2D eigenvalue weighted by molar-refractivity contribution is -0.655. The van der Waals surface area contributed by atoms with Crippen LogP contribution >= 0.6 is 0 Å². The van der Waals surface area contributed by atoms with Crippen LogP contribution in [-0.2, 0) is 7.05 Å². The van der Waals surface area contributed by atoms with Gasteiger partial charge in [-0.1, -0.05) is 5.10 Å². The van der Waals surface area contributed by atoms with Crippen LogP contribution in [0.15, 0.2) is 12.1 Å². The van der Waals surface area contributed by atoms with Crippen molar-refractivity contribution in [1.82, 2.24) is 9.61 Å². The molecular weight excluding hydrogens is 162 g/mol. The molecule has 0 spiro atoms. The Labute approximate surface area is 77.6 Å². The molecule has 0 fully saturated rings. The molecule has 2 heterocycles. The third-order valence-electron chi connectivity index (χ3n) is 2.44. The summed E-state index contributed by atoms with van der Waals surface area (Å²) in [5.74, 6) is 0. The Bertz CT molecular complexity index is 468. The molecule has 0 unspecified atom stereocenters. The van der Waals surface area contributed by atoms with Gasteiger partial charge >= 0.3 is 5.65 Å². The van der Waals surface area contributed by atoms with E-state index in [1.165, 1.54) is 11.4 Å². The van der Waals surface area contributed by atoms with Crippen molar-refractivity contribution in [2.24, 2.45) is 7.05 Å². The highest BCUT2D eigenvalue weighted by atomic mass is 15.3. The maximum Gasteiger partial charge on any atom is 0.308 e. The van der Waals surface area contributed by atoms with Crippen LogP contribution in [0.3, 0.4) is 0 Å². The zero-order chi connectivity index (χ0) is 9.59. The van der Waals surface area contributed by atoms with E-state index in [-0.39, 0.29) is 0 Å². The molecule has 0 atom stereocenters. The van der Waals surface area contributed by atoms with E-state index in [1.807, 2.05) is 11.4 Å². The summed E-state index contributed by atoms with van der Waals surface area (Å²) in [6, 6.07) is 4.24. The normalized spacial score (nSPS) is 11.1. The van der Waals surface area contributed by atoms with Gasteiger partial charge in [-0.05, 0) is 13.8 Å². The Hall–Kier alpha value is -1.38. The maximum atomic E-state index is 4.41. The first-order valence-corrected chi connectivity index (χ1v) is 4.42. The second-order valence-corrected chi connectivity index (χ2v) is 3.54. The zero-order valence-electron chi connectivity index (χ0n) is 8.50. The third kappa shape index (κ3) is 1.11. The summed E-state index contributed by atoms with van der Waals surface area (Å²) in [7, 11) is 2.06. The SMILES string of the molecule is Cc1cc2n(n1)c(C)cc(C)[n+]2C. The van der Waals surface area contributed by atoms with Crippen LogP contribution in [0.4, 0.5) is 0 Å². The number of fused-ring (bicyclic) bond motifs is 1. The van der Waals surface area contributed by atoms with Crippen LogP contribution in [0.2, 0.25) is 0 Å². The van der Waals surface area contributed by atoms with Crippen molar-refractivity contribution < 1.29 is 4.57 Å². The first-order valence-electron chi connectivity index (χ1n) is 4.42. The lowest BCUT2D eigenvalue weighted by Gasteiger charge is -1.99. The van der Waals surface area contributed by atoms with Gasteiger partial charge in [0.1, 0.15) is 11.4 Å². The number of hydrogen-bond donors (Lipinski definition) is 0. The summed E-state index contributed by atoms with van der Waals surface area (Å²) >= 11 is 0. The molecule has 0 amide bonds. The molecular formula is C10H14N3+. The number of rotatable bonds is 0. The van der Waals surface area contributed by atoms with Crippen molar-refractivity contribution >= 4 is 5.65 Å². The first-order chi connectivity index (χ1) is 6.09. The quantitative estimate of drug-likeness (QED) is 0.550. The molecule has 0 aliphatic rings. The molecule has 3 nitrogen and oxygen atoms in total. The van der Waals surface area contributed by atoms with Gasteiger partial charge in [0, 0.05) is 13.0 Å². The Kier molecular flexibility index (Phi) is 1.62. The minimum absolute atomic E-state index is 1.06. The van der Waals surface area contributed by atoms with Crippen molar-refractivity contribution in [2.75, 3.05) is 0 Å². The van der Waals surface area contributed by atoms with Crippen LogP contribution in [0.25, 0.3) is 5.65 Å². The summed E-state index contributed by atoms with van der Waals surface area (Å²) < 4.78 is 4.12. The molecule has 2 rings (SSSR count). The maximum absolute atomic E-state index is 4.41. The Morgan fingerprint density at radius 3 is 2.62 bits per heavy atom. The van der Waals surface area contributed by atoms with Crippen LogP contribution < -0.4 is 4.57 Å². The fourth-order valence-electron chi connectivity index (χ4n) is 1.63. The van der Waals surface area contributed by atoms with Gasteiger partial charge in [0.2, 0.25) is 0 Å². The van der Waals surface area contributed by atoms with E-state index < -0.39 is 0 Å². The number of nitrogens with zero attached hydrogens (tertiary/aromatic N) is 3. The lowest BCUT2D eigenvalue weighted by atomic mass is 10.3. The first kappa shape index (κ1) is 8.23. The summed E-state index contributed by atoms with van der Waals surface area (Å²) in [6.45, 7) is 6.20. The average Bonchev–Trinajstić information content (AvgIpc) is 2.44. The monoisotopic (exact) mass is 176 g/mol. The molecule has 0 N–H and O–H groups in total. The molecule has 13 heavy (non-hydrogen) atoms. The predicted molar refractivity (Wildman–Crippen MR) is 50.6 cm³/mol. The summed E-state index contributed by atoms with van der Waals surface area (Å²) in [4.78, 5) is 0. The van der Waals surface area contributed by atoms with Gasteiger partial charge in [-0.2, -0.15) is 0 Å². The molecule has 0 aliphatic carbocycles. The lowest BCUT2D eigenvalue weighted by Crippen LogP contribution is -2.34. The second-order valence-electron chi connectivity index (χ2n) is 3.54. The topological polar surface area (TPSA) is 21.2 Å². The van der Waals surface area contributed by atoms with E-state index in [9.17, 15) is 0 Å². The van der Waals surface area contributed by atoms with Gasteiger partial charge in [-0.3, -0.25) is 0 Å². The van der Waals surface area contributed by atoms with Crippen molar-refractivity contribution in [2.45, 2.75) is 20.8 Å². The van der Waals surface area contributed by atoms with Crippen molar-refractivity contribution in [1.29, 1.82) is 0 Å². The standard InChI is InChI=1S/C10H14N3/c1-7-5-10-12(4)8(2)6-9(3)13(10)11-7/h5-6H,1-4H3/q+1. The zero-order valence-corrected chi connectivity index (χ0v) is 8.50. The highest BCUT2D eigenvalue weighted by Gasteiger charge is 2.13. The van der Waals surface area contributed by atoms with Crippen molar-refractivity contribution in [3.05, 3.63) is 29.2 Å². The van der Waals surface area contributed by atoms with Crippen molar-refractivity contribution in [3.63, 3.8) is 0 Å². The molecule has 0 radical (unpaired) electrons. The minimum Gasteiger partial charge on any atom is -0.232 e. The van der Waals surface area contributed by atoms with Gasteiger partial charge in [0.15, 0.2) is 0 Å². The van der Waals surface area contributed by atoms with E-state index in [1.54, 1.807) is 0 Å². The largest absolute Gasteiger partial charge is 0.308 e. The molecule has 0 aliphatic heterocycles. The molecule has 0 bridgehead atoms. The fourth-order valence-corrected chi connectivity index (χ4v) is 1.63. The van der Waals surface area contributed by atoms with Crippen LogP contribution in [0, 0.1) is 20.8 Å². The molecule has 0 aromatic carbocycles. The number of aryl methyl sites for hydroxylation is 4. The highest BCUT2D eigenvalue weighted by Crippen LogP contribution is 2.05. The van der Waals surface area contributed by atoms with Crippen LogP contribution in [0.1, 0.15) is 17.1 Å². The van der Waals surface area contributed by atoms with E-state index in [2.05, 4.69) is 42.7 Å². The van der Waals surface area contributed by atoms with Crippen LogP contribution in [0.5, 0.6) is 0 Å². The molecule has 2 aromatic heterocycles. The second kappa shape index (κ2) is 2.55. The number of hydrogen-bond acceptors (Lipinski definition) is 1. The molecule has 3 heteroatoms. The third-order valence-corrected chi connectivity index (χ3v) is 2.44. The molecule has 0 saturated heterocycles. The Morgan fingerprint density at radius 1 is 1.23 bits per heavy atom. The van der Waals surface area contributed by atoms with Gasteiger partial charge in [0.25, 0.3) is 0 Å². The van der Waals surface area contributed by atoms with E-state index in [4.69, 9.17) is 0 Å². The van der Waals surface area contributed by atoms with Crippen LogP contribution in [-0.4, -0.2) is 9.61 Å². The van der Waals surface area contributed by atoms with Gasteiger partial charge in [-0.15, -0.1) is 4.52 Å².